The first-order valence-electron chi connectivity index (χ1n) is 6.69. The predicted octanol–water partition coefficient (Wildman–Crippen LogP) is 3.65. The molecule has 2 rings (SSSR count). The average Bonchev–Trinajstić information content (AvgIpc) is 2.47. The van der Waals surface area contributed by atoms with Gasteiger partial charge in [-0.05, 0) is 37.6 Å². The maximum Gasteiger partial charge on any atom is 0.160 e. The smallest absolute Gasteiger partial charge is 0.160 e. The van der Waals surface area contributed by atoms with E-state index in [1.807, 2.05) is 38.1 Å². The number of benzene rings is 2. The summed E-state index contributed by atoms with van der Waals surface area (Å²) in [5.41, 5.74) is 3.75. The summed E-state index contributed by atoms with van der Waals surface area (Å²) in [6.07, 6.45) is 0. The number of rotatable bonds is 5. The van der Waals surface area contributed by atoms with Gasteiger partial charge in [0.2, 0.25) is 0 Å². The van der Waals surface area contributed by atoms with Gasteiger partial charge in [0.05, 0.1) is 12.8 Å². The molecule has 0 saturated carbocycles. The van der Waals surface area contributed by atoms with Gasteiger partial charge in [0.15, 0.2) is 11.5 Å². The lowest BCUT2D eigenvalue weighted by Gasteiger charge is -2.06. The number of ether oxygens (including phenoxy) is 1. The maximum absolute atomic E-state index is 9.75. The third-order valence-electron chi connectivity index (χ3n) is 3.11. The fourth-order valence-electron chi connectivity index (χ4n) is 1.97. The Labute approximate surface area is 124 Å². The van der Waals surface area contributed by atoms with Crippen molar-refractivity contribution in [1.82, 2.24) is 0 Å². The van der Waals surface area contributed by atoms with Crippen molar-refractivity contribution < 1.29 is 14.7 Å². The molecule has 4 heteroatoms. The van der Waals surface area contributed by atoms with Crippen LogP contribution in [0.1, 0.15) is 23.6 Å². The fourth-order valence-corrected chi connectivity index (χ4v) is 1.97. The molecule has 0 aliphatic rings. The summed E-state index contributed by atoms with van der Waals surface area (Å²) < 4.78 is 5.01. The number of oxime groups is 1. The first-order valence-corrected chi connectivity index (χ1v) is 6.69. The zero-order valence-corrected chi connectivity index (χ0v) is 12.5. The van der Waals surface area contributed by atoms with Gasteiger partial charge in [0.1, 0.15) is 6.61 Å². The fraction of sp³-hybridized carbons (Fsp3) is 0.235. The predicted molar refractivity (Wildman–Crippen MR) is 82.8 cm³/mol. The number of hydrogen-bond donors (Lipinski definition) is 1. The summed E-state index contributed by atoms with van der Waals surface area (Å²) in [6.45, 7) is 4.29. The van der Waals surface area contributed by atoms with Crippen LogP contribution in [0.25, 0.3) is 0 Å². The molecule has 21 heavy (non-hydrogen) atoms. The van der Waals surface area contributed by atoms with Crippen LogP contribution in [0.3, 0.4) is 0 Å². The summed E-state index contributed by atoms with van der Waals surface area (Å²) in [7, 11) is 1.51. The van der Waals surface area contributed by atoms with Crippen molar-refractivity contribution in [2.24, 2.45) is 5.16 Å². The van der Waals surface area contributed by atoms with Crippen LogP contribution in [0, 0.1) is 6.92 Å². The molecule has 0 saturated heterocycles. The number of aromatic hydroxyl groups is 1. The van der Waals surface area contributed by atoms with Crippen molar-refractivity contribution in [3.63, 3.8) is 0 Å². The molecule has 0 aromatic heterocycles. The minimum absolute atomic E-state index is 0.0863. The van der Waals surface area contributed by atoms with E-state index in [-0.39, 0.29) is 5.75 Å². The lowest BCUT2D eigenvalue weighted by molar-refractivity contribution is 0.130. The highest BCUT2D eigenvalue weighted by atomic mass is 16.6. The Morgan fingerprint density at radius 2 is 2.00 bits per heavy atom. The van der Waals surface area contributed by atoms with Gasteiger partial charge in [0, 0.05) is 5.56 Å². The van der Waals surface area contributed by atoms with Crippen molar-refractivity contribution in [2.45, 2.75) is 20.5 Å². The summed E-state index contributed by atoms with van der Waals surface area (Å²) >= 11 is 0. The third kappa shape index (κ3) is 3.99. The second-order valence-corrected chi connectivity index (χ2v) is 4.83. The number of phenols is 1. The van der Waals surface area contributed by atoms with E-state index < -0.39 is 0 Å². The molecule has 0 aliphatic carbocycles. The third-order valence-corrected chi connectivity index (χ3v) is 3.11. The number of aryl methyl sites for hydroxylation is 1. The largest absolute Gasteiger partial charge is 0.504 e. The molecule has 0 fully saturated rings. The Morgan fingerprint density at radius 1 is 1.19 bits per heavy atom. The molecular formula is C17H19NO3. The van der Waals surface area contributed by atoms with E-state index in [4.69, 9.17) is 9.57 Å². The second-order valence-electron chi connectivity index (χ2n) is 4.83. The Morgan fingerprint density at radius 3 is 2.67 bits per heavy atom. The van der Waals surface area contributed by atoms with Crippen LogP contribution in [0.4, 0.5) is 0 Å². The minimum Gasteiger partial charge on any atom is -0.504 e. The summed E-state index contributed by atoms with van der Waals surface area (Å²) in [5, 5.41) is 13.8. The Hall–Kier alpha value is -2.49. The van der Waals surface area contributed by atoms with Gasteiger partial charge in [0.25, 0.3) is 0 Å². The van der Waals surface area contributed by atoms with Gasteiger partial charge in [-0.1, -0.05) is 35.0 Å². The van der Waals surface area contributed by atoms with Crippen molar-refractivity contribution in [1.29, 1.82) is 0 Å². The van der Waals surface area contributed by atoms with Crippen LogP contribution in [0.5, 0.6) is 11.5 Å². The van der Waals surface area contributed by atoms with Gasteiger partial charge < -0.3 is 14.7 Å². The molecule has 0 amide bonds. The molecule has 0 atom stereocenters. The zero-order valence-electron chi connectivity index (χ0n) is 12.5. The molecule has 0 aliphatic heterocycles. The molecular weight excluding hydrogens is 266 g/mol. The first kappa shape index (κ1) is 14.9. The van der Waals surface area contributed by atoms with Crippen LogP contribution in [0.15, 0.2) is 47.6 Å². The molecule has 0 spiro atoms. The maximum atomic E-state index is 9.75. The van der Waals surface area contributed by atoms with E-state index in [0.717, 1.165) is 11.1 Å². The molecule has 0 unspecified atom stereocenters. The summed E-state index contributed by atoms with van der Waals surface area (Å²) in [6, 6.07) is 13.2. The highest BCUT2D eigenvalue weighted by Crippen LogP contribution is 2.26. The Balaban J connectivity index is 2.02. The SMILES string of the molecule is COc1ccc(/C(C)=N\OCc2cccc(C)c2)cc1O. The Kier molecular flexibility index (Phi) is 4.82. The van der Waals surface area contributed by atoms with Crippen LogP contribution >= 0.6 is 0 Å². The lowest BCUT2D eigenvalue weighted by Crippen LogP contribution is -1.97. The monoisotopic (exact) mass is 285 g/mol. The molecule has 0 heterocycles. The lowest BCUT2D eigenvalue weighted by atomic mass is 10.1. The highest BCUT2D eigenvalue weighted by Gasteiger charge is 2.05. The molecule has 0 radical (unpaired) electrons. The van der Waals surface area contributed by atoms with Crippen molar-refractivity contribution >= 4 is 5.71 Å². The van der Waals surface area contributed by atoms with Crippen LogP contribution in [-0.4, -0.2) is 17.9 Å². The van der Waals surface area contributed by atoms with E-state index in [1.165, 1.54) is 12.7 Å². The molecule has 110 valence electrons. The molecule has 4 nitrogen and oxygen atoms in total. The van der Waals surface area contributed by atoms with Gasteiger partial charge in [-0.25, -0.2) is 0 Å². The van der Waals surface area contributed by atoms with Crippen LogP contribution in [-0.2, 0) is 11.4 Å². The quantitative estimate of drug-likeness (QED) is 0.674. The van der Waals surface area contributed by atoms with E-state index in [2.05, 4.69) is 11.2 Å². The molecule has 0 bridgehead atoms. The normalized spacial score (nSPS) is 11.3. The van der Waals surface area contributed by atoms with E-state index >= 15 is 0 Å². The van der Waals surface area contributed by atoms with E-state index in [1.54, 1.807) is 12.1 Å². The van der Waals surface area contributed by atoms with Gasteiger partial charge >= 0.3 is 0 Å². The number of hydrogen-bond acceptors (Lipinski definition) is 4. The molecule has 2 aromatic carbocycles. The van der Waals surface area contributed by atoms with Crippen molar-refractivity contribution in [2.75, 3.05) is 7.11 Å². The van der Waals surface area contributed by atoms with Crippen molar-refractivity contribution in [3.05, 3.63) is 59.2 Å². The van der Waals surface area contributed by atoms with Crippen LogP contribution in [0.2, 0.25) is 0 Å². The topological polar surface area (TPSA) is 51.0 Å². The highest BCUT2D eigenvalue weighted by molar-refractivity contribution is 5.98. The number of phenolic OH excluding ortho intramolecular Hbond substituents is 1. The number of nitrogens with zero attached hydrogens (tertiary/aromatic N) is 1. The molecule has 1 N–H and O–H groups in total. The van der Waals surface area contributed by atoms with Gasteiger partial charge in [-0.15, -0.1) is 0 Å². The Bertz CT molecular complexity index is 650. The second kappa shape index (κ2) is 6.79. The average molecular weight is 285 g/mol. The van der Waals surface area contributed by atoms with E-state index in [0.29, 0.717) is 18.1 Å². The number of methoxy groups -OCH3 is 1. The zero-order chi connectivity index (χ0) is 15.2. The first-order chi connectivity index (χ1) is 10.1. The molecule has 2 aromatic rings. The standard InChI is InChI=1S/C17H19NO3/c1-12-5-4-6-14(9-12)11-21-18-13(2)15-7-8-17(20-3)16(19)10-15/h4-10,19H,11H2,1-3H3/b18-13-. The minimum atomic E-state index is 0.0863. The van der Waals surface area contributed by atoms with Crippen molar-refractivity contribution in [3.8, 4) is 11.5 Å². The summed E-state index contributed by atoms with van der Waals surface area (Å²) in [5.74, 6) is 0.524. The summed E-state index contributed by atoms with van der Waals surface area (Å²) in [4.78, 5) is 5.36. The van der Waals surface area contributed by atoms with Gasteiger partial charge in [-0.2, -0.15) is 0 Å². The van der Waals surface area contributed by atoms with Gasteiger partial charge in [-0.3, -0.25) is 0 Å². The van der Waals surface area contributed by atoms with E-state index in [9.17, 15) is 5.11 Å². The van der Waals surface area contributed by atoms with Crippen LogP contribution < -0.4 is 4.74 Å².